The number of aliphatic hydroxyl groups is 1. The minimum atomic E-state index is -1.26. The fourth-order valence-electron chi connectivity index (χ4n) is 2.94. The number of hydrogen-bond donors (Lipinski definition) is 1. The molecule has 2 aromatic heterocycles. The Kier molecular flexibility index (Phi) is 6.14. The van der Waals surface area contributed by atoms with E-state index >= 15 is 0 Å². The molecule has 1 N–H and O–H groups in total. The third kappa shape index (κ3) is 3.77. The van der Waals surface area contributed by atoms with Gasteiger partial charge in [-0.05, 0) is 23.8 Å². The van der Waals surface area contributed by atoms with E-state index in [1.165, 1.54) is 6.33 Å². The van der Waals surface area contributed by atoms with Crippen LogP contribution in [0.25, 0.3) is 11.2 Å². The molecular formula is C16H22ClFN4O2S. The van der Waals surface area contributed by atoms with Crippen molar-refractivity contribution in [3.63, 3.8) is 0 Å². The first-order valence-corrected chi connectivity index (χ1v) is 9.86. The number of thioether (sulfide) groups is 1. The Balaban J connectivity index is 1.89. The molecule has 3 rings (SSSR count). The molecule has 6 nitrogen and oxygen atoms in total. The zero-order valence-electron chi connectivity index (χ0n) is 14.2. The van der Waals surface area contributed by atoms with Crippen molar-refractivity contribution in [3.8, 4) is 0 Å². The lowest BCUT2D eigenvalue weighted by molar-refractivity contribution is -0.0378. The highest BCUT2D eigenvalue weighted by molar-refractivity contribution is 7.99. The number of halogens is 2. The number of nitrogens with zero attached hydrogens (tertiary/aromatic N) is 4. The van der Waals surface area contributed by atoms with Gasteiger partial charge in [-0.25, -0.2) is 14.4 Å². The van der Waals surface area contributed by atoms with Crippen molar-refractivity contribution in [1.29, 1.82) is 0 Å². The second-order valence-electron chi connectivity index (χ2n) is 6.23. The van der Waals surface area contributed by atoms with Crippen LogP contribution < -0.4 is 0 Å². The maximum absolute atomic E-state index is 14.6. The molecule has 4 atom stereocenters. The van der Waals surface area contributed by atoms with Gasteiger partial charge in [-0.3, -0.25) is 4.57 Å². The molecule has 1 saturated heterocycles. The number of aliphatic hydroxyl groups excluding tert-OH is 1. The van der Waals surface area contributed by atoms with E-state index in [1.54, 1.807) is 23.3 Å². The van der Waals surface area contributed by atoms with Crippen molar-refractivity contribution < 1.29 is 14.2 Å². The maximum atomic E-state index is 14.6. The van der Waals surface area contributed by atoms with Gasteiger partial charge in [-0.2, -0.15) is 4.98 Å². The molecule has 0 aromatic carbocycles. The molecule has 0 bridgehead atoms. The fourth-order valence-corrected chi connectivity index (χ4v) is 4.13. The van der Waals surface area contributed by atoms with Crippen LogP contribution in [0.3, 0.4) is 0 Å². The van der Waals surface area contributed by atoms with Crippen molar-refractivity contribution in [2.75, 3.05) is 12.4 Å². The monoisotopic (exact) mass is 388 g/mol. The first-order chi connectivity index (χ1) is 12.1. The Bertz CT molecular complexity index is 731. The topological polar surface area (TPSA) is 73.1 Å². The number of imidazole rings is 1. The highest BCUT2D eigenvalue weighted by atomic mass is 35.5. The standard InChI is InChI=1S/C16H22ClFN4O2S/c1-3-4-5-6-25-14-12-13(20-16(17)21-14)22(8-19-12)15-11(18)9(2)10(7-23)24-15/h8-11,15,23H,3-7H2,1-2H3/t9-,10-,11+,15-/m1/s1. The molecule has 9 heteroatoms. The Morgan fingerprint density at radius 1 is 1.40 bits per heavy atom. The molecule has 1 fully saturated rings. The van der Waals surface area contributed by atoms with Crippen LogP contribution in [-0.4, -0.2) is 49.3 Å². The Morgan fingerprint density at radius 3 is 2.88 bits per heavy atom. The molecule has 138 valence electrons. The number of ether oxygens (including phenoxy) is 1. The summed E-state index contributed by atoms with van der Waals surface area (Å²) in [4.78, 5) is 12.9. The lowest BCUT2D eigenvalue weighted by atomic mass is 10.0. The fraction of sp³-hybridized carbons (Fsp3) is 0.688. The highest BCUT2D eigenvalue weighted by Crippen LogP contribution is 2.38. The minimum absolute atomic E-state index is 0.104. The van der Waals surface area contributed by atoms with Crippen molar-refractivity contribution in [3.05, 3.63) is 11.6 Å². The van der Waals surface area contributed by atoms with Crippen molar-refractivity contribution >= 4 is 34.5 Å². The van der Waals surface area contributed by atoms with E-state index in [2.05, 4.69) is 21.9 Å². The van der Waals surface area contributed by atoms with Gasteiger partial charge >= 0.3 is 0 Å². The van der Waals surface area contributed by atoms with Gasteiger partial charge in [-0.1, -0.05) is 26.7 Å². The largest absolute Gasteiger partial charge is 0.394 e. The maximum Gasteiger partial charge on any atom is 0.225 e. The van der Waals surface area contributed by atoms with E-state index in [9.17, 15) is 9.50 Å². The summed E-state index contributed by atoms with van der Waals surface area (Å²) in [6.45, 7) is 3.66. The van der Waals surface area contributed by atoms with Crippen LogP contribution >= 0.6 is 23.4 Å². The van der Waals surface area contributed by atoms with Gasteiger partial charge < -0.3 is 9.84 Å². The van der Waals surface area contributed by atoms with E-state index in [0.717, 1.165) is 25.0 Å². The molecule has 0 radical (unpaired) electrons. The molecule has 0 aliphatic carbocycles. The normalized spacial score (nSPS) is 26.6. The Hall–Kier alpha value is -0.960. The average Bonchev–Trinajstić information content (AvgIpc) is 3.13. The first kappa shape index (κ1) is 18.8. The van der Waals surface area contributed by atoms with Crippen molar-refractivity contribution in [2.45, 2.75) is 56.6 Å². The third-order valence-corrected chi connectivity index (χ3v) is 5.70. The summed E-state index contributed by atoms with van der Waals surface area (Å²) in [5, 5.41) is 10.1. The number of alkyl halides is 1. The van der Waals surface area contributed by atoms with Crippen molar-refractivity contribution in [1.82, 2.24) is 19.5 Å². The average molecular weight is 389 g/mol. The lowest BCUT2D eigenvalue weighted by Gasteiger charge is -2.15. The van der Waals surface area contributed by atoms with Gasteiger partial charge in [0.05, 0.1) is 19.0 Å². The molecule has 1 aliphatic heterocycles. The van der Waals surface area contributed by atoms with Gasteiger partial charge in [0.15, 0.2) is 18.0 Å². The van der Waals surface area contributed by atoms with E-state index in [0.29, 0.717) is 16.2 Å². The Morgan fingerprint density at radius 2 is 2.20 bits per heavy atom. The molecule has 0 spiro atoms. The summed E-state index contributed by atoms with van der Waals surface area (Å²) in [5.41, 5.74) is 1.05. The zero-order valence-corrected chi connectivity index (χ0v) is 15.8. The van der Waals surface area contributed by atoms with Crippen LogP contribution in [0.15, 0.2) is 11.4 Å². The van der Waals surface area contributed by atoms with Crippen LogP contribution in [-0.2, 0) is 4.74 Å². The molecule has 25 heavy (non-hydrogen) atoms. The van der Waals surface area contributed by atoms with Gasteiger partial charge in [0.2, 0.25) is 5.28 Å². The molecule has 0 unspecified atom stereocenters. The molecule has 0 amide bonds. The van der Waals surface area contributed by atoms with Crippen LogP contribution in [0.1, 0.15) is 39.3 Å². The number of fused-ring (bicyclic) bond motifs is 1. The predicted octanol–water partition coefficient (Wildman–Crippen LogP) is 3.63. The zero-order chi connectivity index (χ0) is 18.0. The molecular weight excluding hydrogens is 367 g/mol. The molecule has 3 heterocycles. The van der Waals surface area contributed by atoms with Crippen LogP contribution in [0.2, 0.25) is 5.28 Å². The Labute approximate surface area is 155 Å². The summed E-state index contributed by atoms with van der Waals surface area (Å²) in [6, 6.07) is 0. The third-order valence-electron chi connectivity index (χ3n) is 4.48. The van der Waals surface area contributed by atoms with E-state index in [1.807, 2.05) is 0 Å². The van der Waals surface area contributed by atoms with Crippen molar-refractivity contribution in [2.24, 2.45) is 5.92 Å². The SMILES string of the molecule is CCCCCSc1nc(Cl)nc2c1ncn2[C@@H]1O[C@H](CO)[C@@H](C)[C@@H]1F. The summed E-state index contributed by atoms with van der Waals surface area (Å²) in [5.74, 6) is 0.506. The second kappa shape index (κ2) is 8.16. The smallest absolute Gasteiger partial charge is 0.225 e. The van der Waals surface area contributed by atoms with Gasteiger partial charge in [0.25, 0.3) is 0 Å². The number of aromatic nitrogens is 4. The summed E-state index contributed by atoms with van der Waals surface area (Å²) < 4.78 is 21.9. The number of unbranched alkanes of at least 4 members (excludes halogenated alkanes) is 2. The van der Waals surface area contributed by atoms with Gasteiger partial charge in [-0.15, -0.1) is 11.8 Å². The van der Waals surface area contributed by atoms with Gasteiger partial charge in [0, 0.05) is 5.92 Å². The number of rotatable bonds is 7. The molecule has 2 aromatic rings. The van der Waals surface area contributed by atoms with Gasteiger partial charge in [0.1, 0.15) is 10.5 Å². The number of hydrogen-bond acceptors (Lipinski definition) is 6. The first-order valence-electron chi connectivity index (χ1n) is 8.50. The quantitative estimate of drug-likeness (QED) is 0.338. The highest BCUT2D eigenvalue weighted by Gasteiger charge is 2.43. The lowest BCUT2D eigenvalue weighted by Crippen LogP contribution is -2.21. The molecule has 1 aliphatic rings. The van der Waals surface area contributed by atoms with E-state index in [4.69, 9.17) is 16.3 Å². The second-order valence-corrected chi connectivity index (χ2v) is 7.65. The van der Waals surface area contributed by atoms with Crippen LogP contribution in [0.5, 0.6) is 0 Å². The summed E-state index contributed by atoms with van der Waals surface area (Å²) in [7, 11) is 0. The summed E-state index contributed by atoms with van der Waals surface area (Å²) in [6.07, 6.45) is 2.22. The predicted molar refractivity (Wildman–Crippen MR) is 95.6 cm³/mol. The van der Waals surface area contributed by atoms with E-state index in [-0.39, 0.29) is 11.9 Å². The van der Waals surface area contributed by atoms with Crippen LogP contribution in [0.4, 0.5) is 4.39 Å². The minimum Gasteiger partial charge on any atom is -0.394 e. The van der Waals surface area contributed by atoms with Crippen LogP contribution in [0, 0.1) is 5.92 Å². The molecule has 0 saturated carbocycles. The summed E-state index contributed by atoms with van der Waals surface area (Å²) >= 11 is 7.65. The van der Waals surface area contributed by atoms with E-state index < -0.39 is 24.4 Å².